The normalized spacial score (nSPS) is 12.9. The molecule has 0 saturated carbocycles. The van der Waals surface area contributed by atoms with Gasteiger partial charge in [-0.2, -0.15) is 0 Å². The van der Waals surface area contributed by atoms with Crippen molar-refractivity contribution in [3.05, 3.63) is 44.7 Å². The van der Waals surface area contributed by atoms with E-state index >= 15 is 0 Å². The molecule has 17 heavy (non-hydrogen) atoms. The Kier molecular flexibility index (Phi) is 2.04. The molecule has 1 aliphatic rings. The molecule has 2 N–H and O–H groups in total. The molecule has 0 fully saturated rings. The third-order valence-corrected chi connectivity index (χ3v) is 2.54. The lowest BCUT2D eigenvalue weighted by atomic mass is 10.2. The fourth-order valence-electron chi connectivity index (χ4n) is 1.70. The maximum Gasteiger partial charge on any atom is 0.344 e. The topological polar surface area (TPSA) is 89.1 Å². The van der Waals surface area contributed by atoms with Crippen LogP contribution in [-0.2, 0) is 6.54 Å². The van der Waals surface area contributed by atoms with Crippen LogP contribution in [0.25, 0.3) is 0 Å². The molecule has 1 aromatic heterocycles. The summed E-state index contributed by atoms with van der Waals surface area (Å²) >= 11 is 0. The summed E-state index contributed by atoms with van der Waals surface area (Å²) < 4.78 is 11.5. The highest BCUT2D eigenvalue weighted by molar-refractivity contribution is 5.44. The predicted molar refractivity (Wildman–Crippen MR) is 57.3 cm³/mol. The lowest BCUT2D eigenvalue weighted by Gasteiger charge is -2.01. The van der Waals surface area contributed by atoms with Gasteiger partial charge >= 0.3 is 11.4 Å². The molecule has 2 aromatic rings. The van der Waals surface area contributed by atoms with Gasteiger partial charge < -0.3 is 9.47 Å². The summed E-state index contributed by atoms with van der Waals surface area (Å²) in [5.74, 6) is 1.30. The van der Waals surface area contributed by atoms with E-state index in [-0.39, 0.29) is 13.3 Å². The van der Waals surface area contributed by atoms with Gasteiger partial charge in [0.1, 0.15) is 0 Å². The Morgan fingerprint density at radius 1 is 1.12 bits per heavy atom. The number of aromatic nitrogens is 3. The van der Waals surface area contributed by atoms with Gasteiger partial charge in [0, 0.05) is 0 Å². The number of ether oxygens (including phenoxy) is 2. The first-order valence-corrected chi connectivity index (χ1v) is 5.00. The van der Waals surface area contributed by atoms with Crippen LogP contribution in [0, 0.1) is 0 Å². The molecule has 0 bridgehead atoms. The molecular formula is C10H9N3O4. The largest absolute Gasteiger partial charge is 0.454 e. The van der Waals surface area contributed by atoms with Crippen LogP contribution in [0.15, 0.2) is 27.8 Å². The number of benzene rings is 1. The van der Waals surface area contributed by atoms with Crippen molar-refractivity contribution in [1.82, 2.24) is 14.8 Å². The van der Waals surface area contributed by atoms with E-state index in [9.17, 15) is 9.59 Å². The second-order valence-electron chi connectivity index (χ2n) is 3.63. The van der Waals surface area contributed by atoms with E-state index in [1.165, 1.54) is 0 Å². The zero-order valence-electron chi connectivity index (χ0n) is 8.73. The molecule has 7 nitrogen and oxygen atoms in total. The van der Waals surface area contributed by atoms with Crippen LogP contribution in [-0.4, -0.2) is 21.6 Å². The summed E-state index contributed by atoms with van der Waals surface area (Å²) in [7, 11) is 0. The monoisotopic (exact) mass is 235 g/mol. The molecule has 2 heterocycles. The molecule has 3 rings (SSSR count). The van der Waals surface area contributed by atoms with Gasteiger partial charge in [-0.05, 0) is 17.7 Å². The highest BCUT2D eigenvalue weighted by Gasteiger charge is 2.14. The van der Waals surface area contributed by atoms with Gasteiger partial charge in [-0.25, -0.2) is 24.4 Å². The highest BCUT2D eigenvalue weighted by Crippen LogP contribution is 2.32. The van der Waals surface area contributed by atoms with Crippen LogP contribution < -0.4 is 20.9 Å². The van der Waals surface area contributed by atoms with Gasteiger partial charge in [0.25, 0.3) is 0 Å². The molecule has 0 unspecified atom stereocenters. The van der Waals surface area contributed by atoms with Crippen LogP contribution in [0.3, 0.4) is 0 Å². The van der Waals surface area contributed by atoms with Crippen LogP contribution in [0.1, 0.15) is 5.56 Å². The summed E-state index contributed by atoms with van der Waals surface area (Å²) in [4.78, 5) is 22.6. The number of hydrogen-bond donors (Lipinski definition) is 2. The summed E-state index contributed by atoms with van der Waals surface area (Å²) in [6, 6.07) is 5.29. The molecule has 7 heteroatoms. The predicted octanol–water partition coefficient (Wildman–Crippen LogP) is -0.358. The van der Waals surface area contributed by atoms with Gasteiger partial charge in [0.2, 0.25) is 6.79 Å². The Labute approximate surface area is 94.6 Å². The summed E-state index contributed by atoms with van der Waals surface area (Å²) in [6.45, 7) is 0.387. The Bertz CT molecular complexity index is 639. The van der Waals surface area contributed by atoms with E-state index in [0.29, 0.717) is 11.5 Å². The Morgan fingerprint density at radius 3 is 2.59 bits per heavy atom. The van der Waals surface area contributed by atoms with E-state index in [1.807, 2.05) is 0 Å². The van der Waals surface area contributed by atoms with Gasteiger partial charge in [0.05, 0.1) is 6.54 Å². The van der Waals surface area contributed by atoms with Crippen molar-refractivity contribution in [2.75, 3.05) is 6.79 Å². The fraction of sp³-hybridized carbons (Fsp3) is 0.200. The number of fused-ring (bicyclic) bond motifs is 1. The van der Waals surface area contributed by atoms with Gasteiger partial charge in [-0.1, -0.05) is 6.07 Å². The molecular weight excluding hydrogens is 226 g/mol. The summed E-state index contributed by atoms with van der Waals surface area (Å²) in [6.07, 6.45) is 0. The van der Waals surface area contributed by atoms with Crippen LogP contribution in [0.5, 0.6) is 11.5 Å². The van der Waals surface area contributed by atoms with Crippen molar-refractivity contribution >= 4 is 0 Å². The average Bonchev–Trinajstić information content (AvgIpc) is 2.90. The van der Waals surface area contributed by atoms with Crippen molar-refractivity contribution < 1.29 is 9.47 Å². The van der Waals surface area contributed by atoms with Crippen LogP contribution in [0.4, 0.5) is 0 Å². The Morgan fingerprint density at radius 2 is 1.82 bits per heavy atom. The minimum absolute atomic E-state index is 0.189. The Balaban J connectivity index is 1.96. The third kappa shape index (κ3) is 1.61. The van der Waals surface area contributed by atoms with Crippen molar-refractivity contribution in [1.29, 1.82) is 0 Å². The van der Waals surface area contributed by atoms with Crippen molar-refractivity contribution in [3.63, 3.8) is 0 Å². The molecule has 0 atom stereocenters. The quantitative estimate of drug-likeness (QED) is 0.744. The fourth-order valence-corrected chi connectivity index (χ4v) is 1.70. The highest BCUT2D eigenvalue weighted by atomic mass is 16.7. The second-order valence-corrected chi connectivity index (χ2v) is 3.63. The first-order valence-electron chi connectivity index (χ1n) is 5.00. The second kappa shape index (κ2) is 3.55. The molecule has 1 aromatic carbocycles. The van der Waals surface area contributed by atoms with E-state index in [0.717, 1.165) is 10.1 Å². The van der Waals surface area contributed by atoms with Crippen molar-refractivity contribution in [3.8, 4) is 11.5 Å². The first kappa shape index (κ1) is 9.76. The summed E-state index contributed by atoms with van der Waals surface area (Å²) in [5, 5.41) is 4.45. The average molecular weight is 235 g/mol. The Hall–Kier alpha value is -2.44. The van der Waals surface area contributed by atoms with Crippen molar-refractivity contribution in [2.45, 2.75) is 6.54 Å². The molecule has 0 saturated heterocycles. The van der Waals surface area contributed by atoms with Gasteiger partial charge in [0.15, 0.2) is 11.5 Å². The molecule has 0 radical (unpaired) electrons. The third-order valence-electron chi connectivity index (χ3n) is 2.54. The SMILES string of the molecule is O=c1[nH][nH]c(=O)n1Cc1ccc2c(c1)OCO2. The van der Waals surface area contributed by atoms with E-state index < -0.39 is 11.4 Å². The van der Waals surface area contributed by atoms with Gasteiger partial charge in [-0.15, -0.1) is 0 Å². The van der Waals surface area contributed by atoms with E-state index in [1.54, 1.807) is 18.2 Å². The zero-order chi connectivity index (χ0) is 11.8. The molecule has 0 aliphatic carbocycles. The number of rotatable bonds is 2. The number of aromatic amines is 2. The van der Waals surface area contributed by atoms with Crippen LogP contribution in [0.2, 0.25) is 0 Å². The van der Waals surface area contributed by atoms with Gasteiger partial charge in [-0.3, -0.25) is 0 Å². The lowest BCUT2D eigenvalue weighted by molar-refractivity contribution is 0.174. The number of nitrogens with zero attached hydrogens (tertiary/aromatic N) is 1. The molecule has 1 aliphatic heterocycles. The van der Waals surface area contributed by atoms with E-state index in [2.05, 4.69) is 10.2 Å². The zero-order valence-corrected chi connectivity index (χ0v) is 8.73. The van der Waals surface area contributed by atoms with Crippen molar-refractivity contribution in [2.24, 2.45) is 0 Å². The maximum atomic E-state index is 11.3. The number of nitrogens with one attached hydrogen (secondary N) is 2. The molecule has 0 amide bonds. The minimum Gasteiger partial charge on any atom is -0.454 e. The molecule has 88 valence electrons. The number of H-pyrrole nitrogens is 2. The van der Waals surface area contributed by atoms with Crippen LogP contribution >= 0.6 is 0 Å². The number of hydrogen-bond acceptors (Lipinski definition) is 4. The minimum atomic E-state index is -0.465. The smallest absolute Gasteiger partial charge is 0.344 e. The lowest BCUT2D eigenvalue weighted by Crippen LogP contribution is -2.26. The molecule has 0 spiro atoms. The van der Waals surface area contributed by atoms with E-state index in [4.69, 9.17) is 9.47 Å². The standard InChI is InChI=1S/C10H9N3O4/c14-9-11-12-10(15)13(9)4-6-1-2-7-8(3-6)17-5-16-7/h1-3H,4-5H2,(H,11,14)(H,12,15). The maximum absolute atomic E-state index is 11.3. The summed E-state index contributed by atoms with van der Waals surface area (Å²) in [5.41, 5.74) is -0.137. The first-order chi connectivity index (χ1) is 8.24.